The van der Waals surface area contributed by atoms with Gasteiger partial charge in [0.05, 0.1) is 16.9 Å². The third kappa shape index (κ3) is 7.02. The SMILES string of the molecule is CC(C)[C@@H]1CC[C@@H](C)C[C@H]1OC(=O)C1=C(C(=O)O[C@@H]2C[C@H](C)CC[C@H]2C(C)C)C2CCC1C=C2O[Si](C)(C)C. The van der Waals surface area contributed by atoms with E-state index >= 15 is 0 Å². The summed E-state index contributed by atoms with van der Waals surface area (Å²) < 4.78 is 19.2. The molecule has 220 valence electrons. The molecule has 0 amide bonds. The van der Waals surface area contributed by atoms with Crippen LogP contribution in [0.1, 0.15) is 92.9 Å². The van der Waals surface area contributed by atoms with Crippen LogP contribution in [-0.4, -0.2) is 32.5 Å². The van der Waals surface area contributed by atoms with Gasteiger partial charge in [-0.05, 0) is 99.7 Å². The fourth-order valence-corrected chi connectivity index (χ4v) is 8.58. The predicted molar refractivity (Wildman–Crippen MR) is 158 cm³/mol. The molecule has 0 aromatic rings. The number of rotatable bonds is 8. The second-order valence-electron chi connectivity index (χ2n) is 14.9. The first-order valence-corrected chi connectivity index (χ1v) is 19.2. The zero-order chi connectivity index (χ0) is 28.6. The molecule has 5 rings (SSSR count). The van der Waals surface area contributed by atoms with Crippen molar-refractivity contribution in [1.82, 2.24) is 0 Å². The highest BCUT2D eigenvalue weighted by Gasteiger charge is 2.47. The van der Waals surface area contributed by atoms with Crippen molar-refractivity contribution >= 4 is 20.3 Å². The first kappa shape index (κ1) is 30.4. The molecule has 39 heavy (non-hydrogen) atoms. The lowest BCUT2D eigenvalue weighted by Gasteiger charge is -2.42. The second kappa shape index (κ2) is 12.1. The van der Waals surface area contributed by atoms with E-state index in [9.17, 15) is 9.59 Å². The molecule has 5 nitrogen and oxygen atoms in total. The summed E-state index contributed by atoms with van der Waals surface area (Å²) in [4.78, 5) is 28.1. The average Bonchev–Trinajstić information content (AvgIpc) is 2.82. The van der Waals surface area contributed by atoms with E-state index < -0.39 is 8.32 Å². The van der Waals surface area contributed by atoms with E-state index in [2.05, 4.69) is 67.3 Å². The van der Waals surface area contributed by atoms with Crippen molar-refractivity contribution in [1.29, 1.82) is 0 Å². The summed E-state index contributed by atoms with van der Waals surface area (Å²) in [5.41, 5.74) is 1.07. The van der Waals surface area contributed by atoms with Gasteiger partial charge in [0.1, 0.15) is 12.2 Å². The molecule has 0 N–H and O–H groups in total. The third-order valence-electron chi connectivity index (χ3n) is 9.79. The number of carbonyl (C=O) groups is 2. The van der Waals surface area contributed by atoms with Crippen LogP contribution < -0.4 is 0 Å². The molecule has 0 spiro atoms. The van der Waals surface area contributed by atoms with Crippen molar-refractivity contribution in [3.8, 4) is 0 Å². The summed E-state index contributed by atoms with van der Waals surface area (Å²) in [5, 5.41) is 0. The Bertz CT molecular complexity index is 973. The smallest absolute Gasteiger partial charge is 0.335 e. The molecule has 0 aromatic carbocycles. The van der Waals surface area contributed by atoms with Gasteiger partial charge >= 0.3 is 11.9 Å². The van der Waals surface area contributed by atoms with Crippen molar-refractivity contribution < 1.29 is 23.5 Å². The molecule has 0 heterocycles. The van der Waals surface area contributed by atoms with Crippen LogP contribution >= 0.6 is 0 Å². The summed E-state index contributed by atoms with van der Waals surface area (Å²) in [6.45, 7) is 19.9. The lowest BCUT2D eigenvalue weighted by atomic mass is 9.70. The van der Waals surface area contributed by atoms with Gasteiger partial charge in [-0.25, -0.2) is 9.59 Å². The predicted octanol–water partition coefficient (Wildman–Crippen LogP) is 8.07. The van der Waals surface area contributed by atoms with Gasteiger partial charge in [0.15, 0.2) is 0 Å². The van der Waals surface area contributed by atoms with E-state index in [0.717, 1.165) is 44.3 Å². The van der Waals surface area contributed by atoms with Gasteiger partial charge in [0, 0.05) is 11.8 Å². The van der Waals surface area contributed by atoms with Crippen molar-refractivity contribution in [3.63, 3.8) is 0 Å². The molecule has 0 radical (unpaired) electrons. The zero-order valence-electron chi connectivity index (χ0n) is 26.0. The third-order valence-corrected chi connectivity index (χ3v) is 10.6. The molecule has 6 heteroatoms. The van der Waals surface area contributed by atoms with Crippen molar-refractivity contribution in [3.05, 3.63) is 23.0 Å². The Morgan fingerprint density at radius 2 is 1.23 bits per heavy atom. The molecular weight excluding hydrogens is 504 g/mol. The van der Waals surface area contributed by atoms with E-state index in [1.807, 2.05) is 0 Å². The number of esters is 2. The monoisotopic (exact) mass is 558 g/mol. The minimum atomic E-state index is -1.90. The summed E-state index contributed by atoms with van der Waals surface area (Å²) in [6, 6.07) is 0. The highest BCUT2D eigenvalue weighted by Crippen LogP contribution is 2.48. The second-order valence-corrected chi connectivity index (χ2v) is 19.3. The summed E-state index contributed by atoms with van der Waals surface area (Å²) in [5.74, 6) is 2.57. The average molecular weight is 559 g/mol. The molecule has 0 aliphatic heterocycles. The van der Waals surface area contributed by atoms with Gasteiger partial charge in [-0.3, -0.25) is 0 Å². The molecule has 2 unspecified atom stereocenters. The summed E-state index contributed by atoms with van der Waals surface area (Å²) in [7, 11) is -1.90. The fourth-order valence-electron chi connectivity index (χ4n) is 7.66. The molecule has 0 saturated heterocycles. The molecule has 8 atom stereocenters. The quantitative estimate of drug-likeness (QED) is 0.223. The van der Waals surface area contributed by atoms with Crippen LogP contribution in [-0.2, 0) is 23.5 Å². The molecule has 2 bridgehead atoms. The Kier molecular flexibility index (Phi) is 9.45. The van der Waals surface area contributed by atoms with Crippen molar-refractivity contribution in [2.24, 2.45) is 47.3 Å². The summed E-state index contributed by atoms with van der Waals surface area (Å²) in [6.07, 6.45) is 9.86. The van der Waals surface area contributed by atoms with E-state index in [1.54, 1.807) is 0 Å². The highest BCUT2D eigenvalue weighted by atomic mass is 28.4. The Morgan fingerprint density at radius 3 is 1.69 bits per heavy atom. The number of hydrogen-bond acceptors (Lipinski definition) is 5. The largest absolute Gasteiger partial charge is 0.547 e. The maximum Gasteiger partial charge on any atom is 0.335 e. The van der Waals surface area contributed by atoms with E-state index in [0.29, 0.717) is 46.7 Å². The minimum absolute atomic E-state index is 0.0994. The number of carbonyl (C=O) groups excluding carboxylic acids is 2. The highest BCUT2D eigenvalue weighted by molar-refractivity contribution is 6.70. The number of hydrogen-bond donors (Lipinski definition) is 0. The molecule has 5 aliphatic carbocycles. The lowest BCUT2D eigenvalue weighted by Crippen LogP contribution is -2.42. The topological polar surface area (TPSA) is 61.8 Å². The Balaban J connectivity index is 1.66. The Labute approximate surface area is 238 Å². The van der Waals surface area contributed by atoms with E-state index in [4.69, 9.17) is 13.9 Å². The minimum Gasteiger partial charge on any atom is -0.547 e. The number of allylic oxidation sites excluding steroid dienone is 2. The molecule has 5 aliphatic rings. The van der Waals surface area contributed by atoms with Crippen LogP contribution in [0.25, 0.3) is 0 Å². The molecule has 2 saturated carbocycles. The first-order chi connectivity index (χ1) is 18.2. The van der Waals surface area contributed by atoms with Crippen LogP contribution in [0.3, 0.4) is 0 Å². The Hall–Kier alpha value is -1.56. The normalized spacial score (nSPS) is 35.2. The van der Waals surface area contributed by atoms with Crippen LogP contribution in [0.2, 0.25) is 19.6 Å². The fraction of sp³-hybridized carbons (Fsp3) is 0.818. The number of fused-ring (bicyclic) bond motifs is 1. The van der Waals surface area contributed by atoms with Gasteiger partial charge < -0.3 is 13.9 Å². The van der Waals surface area contributed by atoms with Crippen molar-refractivity contribution in [2.45, 2.75) is 125 Å². The standard InChI is InChI=1S/C33H54O5Si/c1-19(2)24-13-10-21(5)16-27(24)36-32(34)30-23-12-15-26(29(18-23)38-39(7,8)9)31(30)33(35)37-28-17-22(6)11-14-25(28)20(3)4/h18-28H,10-17H2,1-9H3/t21-,22-,23?,24+,25+,26?,27-,28-/m1/s1. The number of ether oxygens (including phenoxy) is 2. The lowest BCUT2D eigenvalue weighted by molar-refractivity contribution is -0.156. The maximum atomic E-state index is 14.1. The molecule has 0 aromatic heterocycles. The van der Waals surface area contributed by atoms with Crippen LogP contribution in [0.15, 0.2) is 23.0 Å². The van der Waals surface area contributed by atoms with Gasteiger partial charge in [0.25, 0.3) is 0 Å². The van der Waals surface area contributed by atoms with Gasteiger partial charge in [-0.15, -0.1) is 0 Å². The van der Waals surface area contributed by atoms with Crippen LogP contribution in [0, 0.1) is 47.3 Å². The van der Waals surface area contributed by atoms with Crippen LogP contribution in [0.4, 0.5) is 0 Å². The Morgan fingerprint density at radius 1 is 0.744 bits per heavy atom. The molecular formula is C33H54O5Si. The van der Waals surface area contributed by atoms with Gasteiger partial charge in [-0.2, -0.15) is 0 Å². The van der Waals surface area contributed by atoms with E-state index in [1.165, 1.54) is 12.8 Å². The van der Waals surface area contributed by atoms with Crippen molar-refractivity contribution in [2.75, 3.05) is 0 Å². The summed E-state index contributed by atoms with van der Waals surface area (Å²) >= 11 is 0. The zero-order valence-corrected chi connectivity index (χ0v) is 27.0. The maximum absolute atomic E-state index is 14.1. The first-order valence-electron chi connectivity index (χ1n) is 15.8. The van der Waals surface area contributed by atoms with Crippen LogP contribution in [0.5, 0.6) is 0 Å². The van der Waals surface area contributed by atoms with Gasteiger partial charge in [0.2, 0.25) is 8.32 Å². The molecule has 2 fully saturated rings. The van der Waals surface area contributed by atoms with E-state index in [-0.39, 0.29) is 36.0 Å². The van der Waals surface area contributed by atoms with Gasteiger partial charge in [-0.1, -0.05) is 54.4 Å².